The van der Waals surface area contributed by atoms with E-state index in [2.05, 4.69) is 34.8 Å². The molecule has 0 spiro atoms. The van der Waals surface area contributed by atoms with E-state index in [1.54, 1.807) is 30.5 Å². The van der Waals surface area contributed by atoms with Crippen LogP contribution in [0.1, 0.15) is 56.4 Å². The van der Waals surface area contributed by atoms with Gasteiger partial charge in [-0.2, -0.15) is 0 Å². The molecule has 8 heteroatoms. The van der Waals surface area contributed by atoms with Crippen molar-refractivity contribution in [1.29, 1.82) is 0 Å². The monoisotopic (exact) mass is 403 g/mol. The summed E-state index contributed by atoms with van der Waals surface area (Å²) >= 11 is 5.91. The van der Waals surface area contributed by atoms with Gasteiger partial charge in [0.15, 0.2) is 5.82 Å². The predicted octanol–water partition coefficient (Wildman–Crippen LogP) is 3.69. The topological polar surface area (TPSA) is 88.9 Å². The molecule has 150 valence electrons. The molecule has 7 nitrogen and oxygen atoms in total. The van der Waals surface area contributed by atoms with Gasteiger partial charge in [-0.25, -0.2) is 4.68 Å². The molecule has 2 N–H and O–H groups in total. The molecule has 0 radical (unpaired) electrons. The average molecular weight is 404 g/mol. The molecule has 1 unspecified atom stereocenters. The smallest absolute Gasteiger partial charge is 0.251 e. The SMILES string of the molecule is CCC(NC(=O)c1ccc(Cl)cc1)[C@@H]1C[C@H](n2cc(NC(C)=O)nn2)C[C@@H]1C. The van der Waals surface area contributed by atoms with Gasteiger partial charge < -0.3 is 10.6 Å². The summed E-state index contributed by atoms with van der Waals surface area (Å²) in [7, 11) is 0. The summed E-state index contributed by atoms with van der Waals surface area (Å²) < 4.78 is 1.83. The summed E-state index contributed by atoms with van der Waals surface area (Å²) in [4.78, 5) is 23.8. The first kappa shape index (κ1) is 20.3. The minimum absolute atomic E-state index is 0.0760. The fourth-order valence-electron chi connectivity index (χ4n) is 4.08. The molecule has 1 aromatic heterocycles. The zero-order valence-electron chi connectivity index (χ0n) is 16.4. The average Bonchev–Trinajstić information content (AvgIpc) is 3.26. The number of halogens is 1. The summed E-state index contributed by atoms with van der Waals surface area (Å²) in [5.74, 6) is 1.01. The second-order valence-corrected chi connectivity index (χ2v) is 7.96. The summed E-state index contributed by atoms with van der Waals surface area (Å²) in [6.45, 7) is 5.76. The lowest BCUT2D eigenvalue weighted by Gasteiger charge is -2.27. The fourth-order valence-corrected chi connectivity index (χ4v) is 4.21. The van der Waals surface area contributed by atoms with Crippen molar-refractivity contribution in [2.24, 2.45) is 11.8 Å². The highest BCUT2D eigenvalue weighted by Crippen LogP contribution is 2.41. The minimum Gasteiger partial charge on any atom is -0.349 e. The molecule has 1 heterocycles. The van der Waals surface area contributed by atoms with Crippen LogP contribution in [-0.2, 0) is 4.79 Å². The number of hydrogen-bond donors (Lipinski definition) is 2. The Bertz CT molecular complexity index is 835. The molecule has 28 heavy (non-hydrogen) atoms. The van der Waals surface area contributed by atoms with Crippen molar-refractivity contribution in [1.82, 2.24) is 20.3 Å². The first-order chi connectivity index (χ1) is 13.4. The first-order valence-electron chi connectivity index (χ1n) is 9.63. The number of rotatable bonds is 6. The van der Waals surface area contributed by atoms with E-state index in [0.717, 1.165) is 19.3 Å². The van der Waals surface area contributed by atoms with E-state index in [1.807, 2.05) is 4.68 Å². The van der Waals surface area contributed by atoms with Gasteiger partial charge in [-0.05, 0) is 55.4 Å². The number of nitrogens with zero attached hydrogens (tertiary/aromatic N) is 3. The van der Waals surface area contributed by atoms with E-state index in [1.165, 1.54) is 6.92 Å². The summed E-state index contributed by atoms with van der Waals surface area (Å²) in [5, 5.41) is 14.6. The molecule has 1 fully saturated rings. The highest BCUT2D eigenvalue weighted by molar-refractivity contribution is 6.30. The second kappa shape index (κ2) is 8.73. The zero-order chi connectivity index (χ0) is 20.3. The lowest BCUT2D eigenvalue weighted by atomic mass is 9.88. The number of carbonyl (C=O) groups excluding carboxylic acids is 2. The molecule has 3 rings (SSSR count). The maximum atomic E-state index is 12.6. The van der Waals surface area contributed by atoms with E-state index >= 15 is 0 Å². The van der Waals surface area contributed by atoms with Crippen molar-refractivity contribution in [2.45, 2.75) is 52.1 Å². The Kier molecular flexibility index (Phi) is 6.34. The summed E-state index contributed by atoms with van der Waals surface area (Å²) in [6, 6.07) is 7.22. The van der Waals surface area contributed by atoms with E-state index in [0.29, 0.717) is 28.2 Å². The van der Waals surface area contributed by atoms with Crippen molar-refractivity contribution in [3.05, 3.63) is 41.0 Å². The van der Waals surface area contributed by atoms with Gasteiger partial charge in [-0.1, -0.05) is 30.7 Å². The fraction of sp³-hybridized carbons (Fsp3) is 0.500. The van der Waals surface area contributed by atoms with Crippen LogP contribution in [0.2, 0.25) is 5.02 Å². The Balaban J connectivity index is 1.66. The molecular weight excluding hydrogens is 378 g/mol. The number of amides is 2. The number of aromatic nitrogens is 3. The number of anilines is 1. The van der Waals surface area contributed by atoms with Crippen LogP contribution in [0.25, 0.3) is 0 Å². The Labute approximate surface area is 169 Å². The van der Waals surface area contributed by atoms with Crippen molar-refractivity contribution in [3.63, 3.8) is 0 Å². The van der Waals surface area contributed by atoms with Crippen LogP contribution in [0.15, 0.2) is 30.5 Å². The molecule has 1 aliphatic carbocycles. The molecule has 1 aromatic carbocycles. The van der Waals surface area contributed by atoms with Gasteiger partial charge in [0.1, 0.15) is 0 Å². The Morgan fingerprint density at radius 3 is 2.64 bits per heavy atom. The molecule has 1 aliphatic rings. The van der Waals surface area contributed by atoms with Crippen LogP contribution in [-0.4, -0.2) is 32.9 Å². The van der Waals surface area contributed by atoms with Crippen molar-refractivity contribution < 1.29 is 9.59 Å². The van der Waals surface area contributed by atoms with Crippen molar-refractivity contribution >= 4 is 29.2 Å². The number of benzene rings is 1. The molecule has 0 aliphatic heterocycles. The molecule has 0 bridgehead atoms. The van der Waals surface area contributed by atoms with E-state index in [-0.39, 0.29) is 23.9 Å². The van der Waals surface area contributed by atoms with Gasteiger partial charge >= 0.3 is 0 Å². The normalized spacial score (nSPS) is 22.6. The number of carbonyl (C=O) groups is 2. The third kappa shape index (κ3) is 4.70. The van der Waals surface area contributed by atoms with E-state index in [9.17, 15) is 9.59 Å². The third-order valence-electron chi connectivity index (χ3n) is 5.49. The van der Waals surface area contributed by atoms with Crippen LogP contribution in [0.5, 0.6) is 0 Å². The zero-order valence-corrected chi connectivity index (χ0v) is 17.1. The van der Waals surface area contributed by atoms with Gasteiger partial charge in [-0.15, -0.1) is 5.10 Å². The van der Waals surface area contributed by atoms with Crippen LogP contribution < -0.4 is 10.6 Å². The van der Waals surface area contributed by atoms with Gasteiger partial charge in [0.05, 0.1) is 12.2 Å². The van der Waals surface area contributed by atoms with Gasteiger partial charge in [0.2, 0.25) is 5.91 Å². The lowest BCUT2D eigenvalue weighted by molar-refractivity contribution is -0.114. The van der Waals surface area contributed by atoms with Crippen LogP contribution in [0, 0.1) is 11.8 Å². The number of nitrogens with one attached hydrogen (secondary N) is 2. The van der Waals surface area contributed by atoms with Crippen molar-refractivity contribution in [3.8, 4) is 0 Å². The lowest BCUT2D eigenvalue weighted by Crippen LogP contribution is -2.41. The first-order valence-corrected chi connectivity index (χ1v) is 10.0. The van der Waals surface area contributed by atoms with Crippen LogP contribution in [0.4, 0.5) is 5.82 Å². The predicted molar refractivity (Wildman–Crippen MR) is 108 cm³/mol. The molecule has 2 aromatic rings. The maximum Gasteiger partial charge on any atom is 0.251 e. The van der Waals surface area contributed by atoms with E-state index < -0.39 is 0 Å². The highest BCUT2D eigenvalue weighted by atomic mass is 35.5. The minimum atomic E-state index is -0.166. The van der Waals surface area contributed by atoms with Crippen molar-refractivity contribution in [2.75, 3.05) is 5.32 Å². The quantitative estimate of drug-likeness (QED) is 0.769. The maximum absolute atomic E-state index is 12.6. The molecule has 0 saturated heterocycles. The Morgan fingerprint density at radius 1 is 1.29 bits per heavy atom. The Morgan fingerprint density at radius 2 is 2.00 bits per heavy atom. The second-order valence-electron chi connectivity index (χ2n) is 7.53. The largest absolute Gasteiger partial charge is 0.349 e. The van der Waals surface area contributed by atoms with Gasteiger partial charge in [0.25, 0.3) is 5.91 Å². The van der Waals surface area contributed by atoms with Gasteiger partial charge in [-0.3, -0.25) is 9.59 Å². The summed E-state index contributed by atoms with van der Waals surface area (Å²) in [6.07, 6.45) is 4.49. The molecule has 2 amide bonds. The third-order valence-corrected chi connectivity index (χ3v) is 5.74. The van der Waals surface area contributed by atoms with E-state index in [4.69, 9.17) is 11.6 Å². The summed E-state index contributed by atoms with van der Waals surface area (Å²) in [5.41, 5.74) is 0.612. The highest BCUT2D eigenvalue weighted by Gasteiger charge is 2.37. The molecular formula is C20H26ClN5O2. The van der Waals surface area contributed by atoms with Crippen LogP contribution >= 0.6 is 11.6 Å². The van der Waals surface area contributed by atoms with Gasteiger partial charge in [0, 0.05) is 23.6 Å². The molecule has 4 atom stereocenters. The standard InChI is InChI=1S/C20H26ClN5O2/c1-4-18(23-20(28)14-5-7-15(21)8-6-14)17-10-16(9-12(17)2)26-11-19(24-25-26)22-13(3)27/h5-8,11-12,16-18H,4,9-10H2,1-3H3,(H,22,27)(H,23,28)/t12-,16+,17+,18?/m0/s1. The number of hydrogen-bond acceptors (Lipinski definition) is 4. The Hall–Kier alpha value is -2.41. The van der Waals surface area contributed by atoms with Crippen LogP contribution in [0.3, 0.4) is 0 Å². The molecule has 1 saturated carbocycles.